The molecule has 1 aromatic heterocycles. The second-order valence-electron chi connectivity index (χ2n) is 3.44. The molecule has 3 N–H and O–H groups in total. The number of imidazole rings is 1. The average Bonchev–Trinajstić information content (AvgIpc) is 2.58. The quantitative estimate of drug-likeness (QED) is 0.571. The molecule has 0 saturated carbocycles. The van der Waals surface area contributed by atoms with Gasteiger partial charge in [0.05, 0.1) is 12.0 Å². The van der Waals surface area contributed by atoms with Crippen molar-refractivity contribution < 1.29 is 5.11 Å². The zero-order valence-corrected chi connectivity index (χ0v) is 8.71. The van der Waals surface area contributed by atoms with Gasteiger partial charge in [-0.2, -0.15) is 0 Å². The molecule has 0 atom stereocenters. The standard InChI is InChI=1S/C10H19N3O/c1-9-10(13-8-12-9)7-11-5-3-2-4-6-14/h8,11,14H,2-7H2,1H3,(H,12,13). The van der Waals surface area contributed by atoms with Crippen LogP contribution in [0.5, 0.6) is 0 Å². The van der Waals surface area contributed by atoms with Crippen LogP contribution < -0.4 is 5.32 Å². The van der Waals surface area contributed by atoms with Crippen LogP contribution in [0.1, 0.15) is 30.7 Å². The number of hydrogen-bond donors (Lipinski definition) is 3. The van der Waals surface area contributed by atoms with Crippen molar-refractivity contribution in [3.8, 4) is 0 Å². The Balaban J connectivity index is 2.02. The number of unbranched alkanes of at least 4 members (excludes halogenated alkanes) is 2. The molecule has 80 valence electrons. The van der Waals surface area contributed by atoms with E-state index in [1.54, 1.807) is 6.33 Å². The van der Waals surface area contributed by atoms with Crippen molar-refractivity contribution >= 4 is 0 Å². The van der Waals surface area contributed by atoms with Crippen LogP contribution in [0.15, 0.2) is 6.33 Å². The van der Waals surface area contributed by atoms with E-state index < -0.39 is 0 Å². The number of aromatic nitrogens is 2. The summed E-state index contributed by atoms with van der Waals surface area (Å²) in [5.41, 5.74) is 2.22. The largest absolute Gasteiger partial charge is 0.396 e. The summed E-state index contributed by atoms with van der Waals surface area (Å²) in [6.45, 7) is 4.15. The van der Waals surface area contributed by atoms with Gasteiger partial charge in [-0.25, -0.2) is 4.98 Å². The van der Waals surface area contributed by atoms with Gasteiger partial charge in [-0.3, -0.25) is 0 Å². The van der Waals surface area contributed by atoms with Crippen LogP contribution in [-0.2, 0) is 6.54 Å². The van der Waals surface area contributed by atoms with Gasteiger partial charge >= 0.3 is 0 Å². The van der Waals surface area contributed by atoms with Gasteiger partial charge in [-0.05, 0) is 32.7 Å². The van der Waals surface area contributed by atoms with Crippen LogP contribution in [0, 0.1) is 6.92 Å². The van der Waals surface area contributed by atoms with Gasteiger partial charge in [0.1, 0.15) is 0 Å². The normalized spacial score (nSPS) is 10.7. The van der Waals surface area contributed by atoms with Gasteiger partial charge in [-0.15, -0.1) is 0 Å². The maximum Gasteiger partial charge on any atom is 0.0925 e. The highest BCUT2D eigenvalue weighted by molar-refractivity contribution is 5.07. The van der Waals surface area contributed by atoms with E-state index in [0.717, 1.165) is 43.7 Å². The van der Waals surface area contributed by atoms with Crippen molar-refractivity contribution in [1.29, 1.82) is 0 Å². The fraction of sp³-hybridized carbons (Fsp3) is 0.700. The molecule has 0 saturated heterocycles. The fourth-order valence-corrected chi connectivity index (χ4v) is 1.31. The first kappa shape index (κ1) is 11.2. The minimum Gasteiger partial charge on any atom is -0.396 e. The van der Waals surface area contributed by atoms with E-state index in [4.69, 9.17) is 5.11 Å². The summed E-state index contributed by atoms with van der Waals surface area (Å²) in [5, 5.41) is 11.9. The van der Waals surface area contributed by atoms with E-state index in [1.807, 2.05) is 6.92 Å². The van der Waals surface area contributed by atoms with Gasteiger partial charge in [0, 0.05) is 18.8 Å². The SMILES string of the molecule is Cc1[nH]cnc1CNCCCCCO. The third-order valence-corrected chi connectivity index (χ3v) is 2.24. The monoisotopic (exact) mass is 197 g/mol. The number of H-pyrrole nitrogens is 1. The van der Waals surface area contributed by atoms with Crippen LogP contribution in [0.3, 0.4) is 0 Å². The number of hydrogen-bond acceptors (Lipinski definition) is 3. The van der Waals surface area contributed by atoms with Crippen LogP contribution in [0.4, 0.5) is 0 Å². The Labute approximate surface area is 84.8 Å². The van der Waals surface area contributed by atoms with Crippen LogP contribution in [0.25, 0.3) is 0 Å². The minimum absolute atomic E-state index is 0.304. The molecular weight excluding hydrogens is 178 g/mol. The number of aliphatic hydroxyl groups is 1. The summed E-state index contributed by atoms with van der Waals surface area (Å²) >= 11 is 0. The van der Waals surface area contributed by atoms with Crippen LogP contribution in [-0.4, -0.2) is 28.2 Å². The lowest BCUT2D eigenvalue weighted by atomic mass is 10.2. The Morgan fingerprint density at radius 2 is 2.29 bits per heavy atom. The van der Waals surface area contributed by atoms with E-state index in [9.17, 15) is 0 Å². The van der Waals surface area contributed by atoms with Crippen molar-refractivity contribution in [1.82, 2.24) is 15.3 Å². The molecule has 0 aliphatic heterocycles. The molecule has 1 rings (SSSR count). The Morgan fingerprint density at radius 3 is 2.93 bits per heavy atom. The number of nitrogens with zero attached hydrogens (tertiary/aromatic N) is 1. The molecule has 0 bridgehead atoms. The summed E-state index contributed by atoms with van der Waals surface area (Å²) in [6, 6.07) is 0. The lowest BCUT2D eigenvalue weighted by molar-refractivity contribution is 0.283. The van der Waals surface area contributed by atoms with E-state index >= 15 is 0 Å². The summed E-state index contributed by atoms with van der Waals surface area (Å²) in [7, 11) is 0. The highest BCUT2D eigenvalue weighted by atomic mass is 16.2. The van der Waals surface area contributed by atoms with Crippen molar-refractivity contribution in [3.63, 3.8) is 0 Å². The first-order valence-electron chi connectivity index (χ1n) is 5.15. The average molecular weight is 197 g/mol. The first-order valence-corrected chi connectivity index (χ1v) is 5.15. The summed E-state index contributed by atoms with van der Waals surface area (Å²) < 4.78 is 0. The van der Waals surface area contributed by atoms with Gasteiger partial charge < -0.3 is 15.4 Å². The molecule has 0 aliphatic rings. The number of nitrogens with one attached hydrogen (secondary N) is 2. The third-order valence-electron chi connectivity index (χ3n) is 2.24. The molecule has 0 unspecified atom stereocenters. The van der Waals surface area contributed by atoms with Gasteiger partial charge in [0.15, 0.2) is 0 Å². The summed E-state index contributed by atoms with van der Waals surface area (Å²) in [4.78, 5) is 7.24. The zero-order valence-electron chi connectivity index (χ0n) is 8.71. The molecule has 1 heterocycles. The number of aryl methyl sites for hydroxylation is 1. The van der Waals surface area contributed by atoms with Crippen LogP contribution in [0.2, 0.25) is 0 Å². The van der Waals surface area contributed by atoms with Crippen molar-refractivity contribution in [2.45, 2.75) is 32.7 Å². The van der Waals surface area contributed by atoms with Crippen molar-refractivity contribution in [2.24, 2.45) is 0 Å². The molecule has 0 aromatic carbocycles. The maximum absolute atomic E-state index is 8.57. The van der Waals surface area contributed by atoms with Gasteiger partial charge in [0.25, 0.3) is 0 Å². The molecule has 0 radical (unpaired) electrons. The number of aliphatic hydroxyl groups excluding tert-OH is 1. The van der Waals surface area contributed by atoms with Gasteiger partial charge in [-0.1, -0.05) is 0 Å². The lowest BCUT2D eigenvalue weighted by Crippen LogP contribution is -2.15. The Kier molecular flexibility index (Phi) is 5.25. The Bertz CT molecular complexity index is 247. The number of rotatable bonds is 7. The van der Waals surface area contributed by atoms with E-state index in [1.165, 1.54) is 0 Å². The molecule has 0 aliphatic carbocycles. The smallest absolute Gasteiger partial charge is 0.0925 e. The van der Waals surface area contributed by atoms with E-state index in [0.29, 0.717) is 6.61 Å². The maximum atomic E-state index is 8.57. The summed E-state index contributed by atoms with van der Waals surface area (Å²) in [6.07, 6.45) is 4.83. The second-order valence-corrected chi connectivity index (χ2v) is 3.44. The molecule has 4 nitrogen and oxygen atoms in total. The molecule has 0 fully saturated rings. The molecule has 0 spiro atoms. The molecule has 14 heavy (non-hydrogen) atoms. The van der Waals surface area contributed by atoms with Crippen LogP contribution >= 0.6 is 0 Å². The van der Waals surface area contributed by atoms with Gasteiger partial charge in [0.2, 0.25) is 0 Å². The number of aromatic amines is 1. The molecule has 1 aromatic rings. The topological polar surface area (TPSA) is 60.9 Å². The van der Waals surface area contributed by atoms with Crippen molar-refractivity contribution in [3.05, 3.63) is 17.7 Å². The summed E-state index contributed by atoms with van der Waals surface area (Å²) in [5.74, 6) is 0. The Morgan fingerprint density at radius 1 is 1.43 bits per heavy atom. The fourth-order valence-electron chi connectivity index (χ4n) is 1.31. The van der Waals surface area contributed by atoms with E-state index in [-0.39, 0.29) is 0 Å². The second kappa shape index (κ2) is 6.56. The molecule has 4 heteroatoms. The predicted octanol–water partition coefficient (Wildman–Crippen LogP) is 0.970. The molecule has 0 amide bonds. The molecular formula is C10H19N3O. The zero-order chi connectivity index (χ0) is 10.2. The Hall–Kier alpha value is -0.870. The minimum atomic E-state index is 0.304. The highest BCUT2D eigenvalue weighted by Gasteiger charge is 1.98. The third kappa shape index (κ3) is 3.89. The predicted molar refractivity (Wildman–Crippen MR) is 56.0 cm³/mol. The highest BCUT2D eigenvalue weighted by Crippen LogP contribution is 1.99. The van der Waals surface area contributed by atoms with Crippen molar-refractivity contribution in [2.75, 3.05) is 13.2 Å². The first-order chi connectivity index (χ1) is 6.84. The lowest BCUT2D eigenvalue weighted by Gasteiger charge is -2.02. The van der Waals surface area contributed by atoms with E-state index in [2.05, 4.69) is 15.3 Å².